The standard InChI is InChI=1S/C13H15N3OS/c1-9-4-3-5-11(6-9)7-14-12(17)16-13-15-10(2)8-18-13/h3-6,8H,7H2,1-2H3,(H2,14,15,16,17). The molecule has 4 nitrogen and oxygen atoms in total. The quantitative estimate of drug-likeness (QED) is 0.892. The van der Waals surface area contributed by atoms with Gasteiger partial charge in [0.1, 0.15) is 0 Å². The smallest absolute Gasteiger partial charge is 0.321 e. The summed E-state index contributed by atoms with van der Waals surface area (Å²) in [6, 6.07) is 7.82. The molecule has 0 saturated heterocycles. The number of nitrogens with zero attached hydrogens (tertiary/aromatic N) is 1. The van der Waals surface area contributed by atoms with Gasteiger partial charge in [-0.2, -0.15) is 0 Å². The first kappa shape index (κ1) is 12.6. The van der Waals surface area contributed by atoms with Gasteiger partial charge in [0.25, 0.3) is 0 Å². The number of benzene rings is 1. The lowest BCUT2D eigenvalue weighted by atomic mass is 10.1. The highest BCUT2D eigenvalue weighted by atomic mass is 32.1. The van der Waals surface area contributed by atoms with Gasteiger partial charge in [-0.05, 0) is 19.4 Å². The van der Waals surface area contributed by atoms with Gasteiger partial charge in [0.2, 0.25) is 0 Å². The number of aromatic nitrogens is 1. The molecule has 0 fully saturated rings. The van der Waals surface area contributed by atoms with E-state index in [4.69, 9.17) is 0 Å². The zero-order chi connectivity index (χ0) is 13.0. The lowest BCUT2D eigenvalue weighted by molar-refractivity contribution is 0.251. The minimum absolute atomic E-state index is 0.231. The molecule has 1 aromatic heterocycles. The fraction of sp³-hybridized carbons (Fsp3) is 0.231. The van der Waals surface area contributed by atoms with E-state index in [1.165, 1.54) is 16.9 Å². The maximum Gasteiger partial charge on any atom is 0.321 e. The number of nitrogens with one attached hydrogen (secondary N) is 2. The Morgan fingerprint density at radius 1 is 1.39 bits per heavy atom. The number of thiazole rings is 1. The molecule has 0 radical (unpaired) electrons. The number of carbonyl (C=O) groups excluding carboxylic acids is 1. The highest BCUT2D eigenvalue weighted by molar-refractivity contribution is 7.13. The minimum atomic E-state index is -0.231. The monoisotopic (exact) mass is 261 g/mol. The second-order valence-electron chi connectivity index (χ2n) is 4.09. The van der Waals surface area contributed by atoms with Crippen LogP contribution < -0.4 is 10.6 Å². The maximum absolute atomic E-state index is 11.6. The summed E-state index contributed by atoms with van der Waals surface area (Å²) >= 11 is 1.42. The number of hydrogen-bond acceptors (Lipinski definition) is 3. The number of amides is 2. The Labute approximate surface area is 110 Å². The summed E-state index contributed by atoms with van der Waals surface area (Å²) in [6.45, 7) is 4.44. The topological polar surface area (TPSA) is 54.0 Å². The van der Waals surface area contributed by atoms with Gasteiger partial charge in [-0.25, -0.2) is 9.78 Å². The molecule has 0 unspecified atom stereocenters. The number of anilines is 1. The molecule has 0 aliphatic heterocycles. The largest absolute Gasteiger partial charge is 0.334 e. The van der Waals surface area contributed by atoms with Crippen LogP contribution in [0.25, 0.3) is 0 Å². The van der Waals surface area contributed by atoms with Crippen molar-refractivity contribution in [2.24, 2.45) is 0 Å². The predicted molar refractivity (Wildman–Crippen MR) is 73.9 cm³/mol. The van der Waals surface area contributed by atoms with Gasteiger partial charge in [-0.3, -0.25) is 5.32 Å². The molecular weight excluding hydrogens is 246 g/mol. The Kier molecular flexibility index (Phi) is 3.94. The molecule has 5 heteroatoms. The van der Waals surface area contributed by atoms with Crippen molar-refractivity contribution >= 4 is 22.5 Å². The summed E-state index contributed by atoms with van der Waals surface area (Å²) in [5.74, 6) is 0. The Hall–Kier alpha value is -1.88. The molecule has 2 N–H and O–H groups in total. The van der Waals surface area contributed by atoms with Crippen LogP contribution in [0.2, 0.25) is 0 Å². The molecule has 2 rings (SSSR count). The number of aryl methyl sites for hydroxylation is 2. The summed E-state index contributed by atoms with van der Waals surface area (Å²) in [4.78, 5) is 15.8. The lowest BCUT2D eigenvalue weighted by Gasteiger charge is -2.06. The Morgan fingerprint density at radius 3 is 2.89 bits per heavy atom. The first-order chi connectivity index (χ1) is 8.63. The second kappa shape index (κ2) is 5.64. The molecule has 0 aliphatic carbocycles. The van der Waals surface area contributed by atoms with Gasteiger partial charge in [0.15, 0.2) is 5.13 Å². The number of urea groups is 1. The molecular formula is C13H15N3OS. The van der Waals surface area contributed by atoms with E-state index in [-0.39, 0.29) is 6.03 Å². The highest BCUT2D eigenvalue weighted by Gasteiger charge is 2.04. The second-order valence-corrected chi connectivity index (χ2v) is 4.95. The van der Waals surface area contributed by atoms with E-state index >= 15 is 0 Å². The fourth-order valence-corrected chi connectivity index (χ4v) is 2.24. The van der Waals surface area contributed by atoms with Crippen LogP contribution in [-0.2, 0) is 6.54 Å². The third-order valence-electron chi connectivity index (χ3n) is 2.38. The van der Waals surface area contributed by atoms with Gasteiger partial charge < -0.3 is 5.32 Å². The van der Waals surface area contributed by atoms with Crippen molar-refractivity contribution < 1.29 is 4.79 Å². The van der Waals surface area contributed by atoms with Crippen LogP contribution in [0, 0.1) is 13.8 Å². The van der Waals surface area contributed by atoms with Gasteiger partial charge in [0.05, 0.1) is 5.69 Å². The van der Waals surface area contributed by atoms with Crippen molar-refractivity contribution in [2.75, 3.05) is 5.32 Å². The zero-order valence-corrected chi connectivity index (χ0v) is 11.2. The van der Waals surface area contributed by atoms with Crippen molar-refractivity contribution in [2.45, 2.75) is 20.4 Å². The Bertz CT molecular complexity index is 551. The van der Waals surface area contributed by atoms with Gasteiger partial charge >= 0.3 is 6.03 Å². The van der Waals surface area contributed by atoms with Gasteiger partial charge in [-0.15, -0.1) is 11.3 Å². The van der Waals surface area contributed by atoms with E-state index in [9.17, 15) is 4.79 Å². The molecule has 0 saturated carbocycles. The molecule has 0 aliphatic rings. The number of carbonyl (C=O) groups is 1. The van der Waals surface area contributed by atoms with Crippen LogP contribution in [0.1, 0.15) is 16.8 Å². The van der Waals surface area contributed by atoms with E-state index < -0.39 is 0 Å². The summed E-state index contributed by atoms with van der Waals surface area (Å²) in [7, 11) is 0. The average molecular weight is 261 g/mol. The normalized spacial score (nSPS) is 10.1. The van der Waals surface area contributed by atoms with Gasteiger partial charge in [0, 0.05) is 11.9 Å². The third kappa shape index (κ3) is 3.56. The van der Waals surface area contributed by atoms with Gasteiger partial charge in [-0.1, -0.05) is 29.8 Å². The van der Waals surface area contributed by atoms with E-state index in [1.54, 1.807) is 0 Å². The van der Waals surface area contributed by atoms with E-state index in [1.807, 2.05) is 43.5 Å². The molecule has 1 heterocycles. The lowest BCUT2D eigenvalue weighted by Crippen LogP contribution is -2.28. The van der Waals surface area contributed by atoms with Crippen LogP contribution in [-0.4, -0.2) is 11.0 Å². The molecule has 0 bridgehead atoms. The summed E-state index contributed by atoms with van der Waals surface area (Å²) < 4.78 is 0. The van der Waals surface area contributed by atoms with Crippen molar-refractivity contribution in [3.05, 3.63) is 46.5 Å². The van der Waals surface area contributed by atoms with Crippen LogP contribution in [0.15, 0.2) is 29.6 Å². The average Bonchev–Trinajstić information content (AvgIpc) is 2.72. The van der Waals surface area contributed by atoms with E-state index in [0.717, 1.165) is 11.3 Å². The molecule has 0 spiro atoms. The summed E-state index contributed by atoms with van der Waals surface area (Å²) in [5.41, 5.74) is 3.18. The third-order valence-corrected chi connectivity index (χ3v) is 3.25. The van der Waals surface area contributed by atoms with Crippen molar-refractivity contribution in [1.82, 2.24) is 10.3 Å². The van der Waals surface area contributed by atoms with E-state index in [2.05, 4.69) is 15.6 Å². The molecule has 94 valence electrons. The Balaban J connectivity index is 1.85. The number of hydrogen-bond donors (Lipinski definition) is 2. The SMILES string of the molecule is Cc1cccc(CNC(=O)Nc2nc(C)cs2)c1. The Morgan fingerprint density at radius 2 is 2.22 bits per heavy atom. The van der Waals surface area contributed by atoms with Crippen molar-refractivity contribution in [1.29, 1.82) is 0 Å². The molecule has 1 aromatic carbocycles. The van der Waals surface area contributed by atoms with Crippen molar-refractivity contribution in [3.63, 3.8) is 0 Å². The van der Waals surface area contributed by atoms with Crippen LogP contribution in [0.5, 0.6) is 0 Å². The van der Waals surface area contributed by atoms with E-state index in [0.29, 0.717) is 11.7 Å². The van der Waals surface area contributed by atoms with Crippen LogP contribution >= 0.6 is 11.3 Å². The van der Waals surface area contributed by atoms with Crippen molar-refractivity contribution in [3.8, 4) is 0 Å². The summed E-state index contributed by atoms with van der Waals surface area (Å²) in [6.07, 6.45) is 0. The first-order valence-electron chi connectivity index (χ1n) is 5.66. The highest BCUT2D eigenvalue weighted by Crippen LogP contribution is 2.13. The zero-order valence-electron chi connectivity index (χ0n) is 10.4. The van der Waals surface area contributed by atoms with Crippen LogP contribution in [0.4, 0.5) is 9.93 Å². The molecule has 0 atom stereocenters. The molecule has 2 amide bonds. The fourth-order valence-electron chi connectivity index (χ4n) is 1.56. The molecule has 2 aromatic rings. The minimum Gasteiger partial charge on any atom is -0.334 e. The predicted octanol–water partition coefficient (Wildman–Crippen LogP) is 3.08. The first-order valence-corrected chi connectivity index (χ1v) is 6.54. The maximum atomic E-state index is 11.6. The molecule has 18 heavy (non-hydrogen) atoms. The number of rotatable bonds is 3. The van der Waals surface area contributed by atoms with Crippen LogP contribution in [0.3, 0.4) is 0 Å². The summed E-state index contributed by atoms with van der Waals surface area (Å²) in [5, 5.41) is 8.02.